The predicted molar refractivity (Wildman–Crippen MR) is 151 cm³/mol. The van der Waals surface area contributed by atoms with E-state index < -0.39 is 22.3 Å². The van der Waals surface area contributed by atoms with Gasteiger partial charge in [-0.2, -0.15) is 0 Å². The largest absolute Gasteiger partial charge is 0.479 e. The van der Waals surface area contributed by atoms with Crippen molar-refractivity contribution in [2.24, 2.45) is 0 Å². The van der Waals surface area contributed by atoms with E-state index in [4.69, 9.17) is 9.47 Å². The molecule has 2 unspecified atom stereocenters. The third-order valence-electron chi connectivity index (χ3n) is 6.47. The normalized spacial score (nSPS) is 20.2. The monoisotopic (exact) mass is 568 g/mol. The number of anilines is 4. The average Bonchev–Trinajstić information content (AvgIpc) is 3.22. The molecule has 0 aliphatic carbocycles. The summed E-state index contributed by atoms with van der Waals surface area (Å²) in [5, 5.41) is 16.5. The van der Waals surface area contributed by atoms with Crippen LogP contribution >= 0.6 is 0 Å². The lowest BCUT2D eigenvalue weighted by molar-refractivity contribution is -0.114. The number of carbonyl (C=O) groups excluding carboxylic acids is 1. The third kappa shape index (κ3) is 6.49. The van der Waals surface area contributed by atoms with Gasteiger partial charge in [0.2, 0.25) is 5.91 Å². The number of nitrogens with one attached hydrogen (secondary N) is 2. The number of rotatable bonds is 7. The van der Waals surface area contributed by atoms with Crippen molar-refractivity contribution in [3.05, 3.63) is 42.2 Å². The molecule has 5 heterocycles. The number of pyridine rings is 3. The highest BCUT2D eigenvalue weighted by atomic mass is 32.2. The third-order valence-corrected chi connectivity index (χ3v) is 7.01. The van der Waals surface area contributed by atoms with Crippen molar-refractivity contribution in [1.82, 2.24) is 15.0 Å². The van der Waals surface area contributed by atoms with Gasteiger partial charge in [0.15, 0.2) is 16.8 Å². The van der Waals surface area contributed by atoms with Crippen molar-refractivity contribution in [3.63, 3.8) is 0 Å². The maximum Gasteiger partial charge on any atom is 0.257 e. The fraction of sp³-hybridized carbons (Fsp3) is 0.407. The lowest BCUT2D eigenvalue weighted by Gasteiger charge is -2.31. The molecular weight excluding hydrogens is 536 g/mol. The van der Waals surface area contributed by atoms with Crippen LogP contribution in [-0.2, 0) is 21.6 Å². The highest BCUT2D eigenvalue weighted by molar-refractivity contribution is 7.78. The molecule has 1 amide bonds. The molecule has 3 aromatic heterocycles. The molecule has 0 saturated carbocycles. The minimum atomic E-state index is -2.10. The standard InChI is InChI=1S/C27H32N6O6S/c1-16(34)29-23-11-21(19(12-28-23)20-5-6-22-25(32-20)38-15-26(2,3)39-22)31-24-10-18(9-17(30-24)13-40(36)37)33-8-7-27(4,35)14-33/h5-6,9-12,35H,7-8,13-15H2,1-4H3,(H,36,37)(H2,28,29,30,31,34). The summed E-state index contributed by atoms with van der Waals surface area (Å²) in [7, 11) is 0. The highest BCUT2D eigenvalue weighted by Gasteiger charge is 2.32. The zero-order valence-electron chi connectivity index (χ0n) is 22.7. The lowest BCUT2D eigenvalue weighted by Crippen LogP contribution is -2.39. The second-order valence-electron chi connectivity index (χ2n) is 10.9. The summed E-state index contributed by atoms with van der Waals surface area (Å²) in [4.78, 5) is 27.3. The van der Waals surface area contributed by atoms with Crippen LogP contribution in [-0.4, -0.2) is 65.6 Å². The Morgan fingerprint density at radius 2 is 1.98 bits per heavy atom. The maximum absolute atomic E-state index is 11.7. The van der Waals surface area contributed by atoms with E-state index in [2.05, 4.69) is 25.6 Å². The molecule has 4 N–H and O–H groups in total. The molecule has 2 atom stereocenters. The topological polar surface area (TPSA) is 159 Å². The van der Waals surface area contributed by atoms with Crippen LogP contribution in [0.15, 0.2) is 36.5 Å². The van der Waals surface area contributed by atoms with Crippen LogP contribution in [0.4, 0.5) is 23.0 Å². The van der Waals surface area contributed by atoms with Crippen LogP contribution < -0.4 is 25.0 Å². The zero-order valence-corrected chi connectivity index (χ0v) is 23.5. The number of hydrogen-bond donors (Lipinski definition) is 4. The second-order valence-corrected chi connectivity index (χ2v) is 11.8. The van der Waals surface area contributed by atoms with Crippen molar-refractivity contribution in [2.45, 2.75) is 51.1 Å². The molecule has 2 aliphatic heterocycles. The first-order chi connectivity index (χ1) is 18.9. The van der Waals surface area contributed by atoms with Crippen molar-refractivity contribution in [3.8, 4) is 22.9 Å². The molecule has 12 nitrogen and oxygen atoms in total. The van der Waals surface area contributed by atoms with Gasteiger partial charge in [-0.05, 0) is 45.4 Å². The molecule has 0 spiro atoms. The molecular formula is C27H32N6O6S. The molecule has 0 aromatic carbocycles. The molecule has 3 aromatic rings. The van der Waals surface area contributed by atoms with E-state index in [1.807, 2.05) is 24.8 Å². The predicted octanol–water partition coefficient (Wildman–Crippen LogP) is 3.47. The molecule has 2 aliphatic rings. The minimum Gasteiger partial charge on any atom is -0.479 e. The summed E-state index contributed by atoms with van der Waals surface area (Å²) in [6.45, 7) is 8.43. The molecule has 1 saturated heterocycles. The molecule has 1 fully saturated rings. The first-order valence-corrected chi connectivity index (χ1v) is 14.1. The Hall–Kier alpha value is -3.81. The summed E-state index contributed by atoms with van der Waals surface area (Å²) in [6.07, 6.45) is 2.18. The molecule has 13 heteroatoms. The summed E-state index contributed by atoms with van der Waals surface area (Å²) in [6, 6.07) is 8.81. The van der Waals surface area contributed by atoms with Crippen LogP contribution in [0, 0.1) is 0 Å². The number of aromatic nitrogens is 3. The van der Waals surface area contributed by atoms with Crippen LogP contribution in [0.5, 0.6) is 11.6 Å². The van der Waals surface area contributed by atoms with Crippen molar-refractivity contribution >= 4 is 40.0 Å². The number of fused-ring (bicyclic) bond motifs is 1. The van der Waals surface area contributed by atoms with Gasteiger partial charge in [-0.15, -0.1) is 0 Å². The smallest absolute Gasteiger partial charge is 0.257 e. The average molecular weight is 569 g/mol. The van der Waals surface area contributed by atoms with Crippen molar-refractivity contribution in [1.29, 1.82) is 0 Å². The summed E-state index contributed by atoms with van der Waals surface area (Å²) in [5.41, 5.74) is 1.56. The molecule has 212 valence electrons. The highest BCUT2D eigenvalue weighted by Crippen LogP contribution is 2.38. The van der Waals surface area contributed by atoms with Crippen LogP contribution in [0.3, 0.4) is 0 Å². The number of β-amino-alcohol motifs (C(OH)–C–C–N with tert-alkyl or cyclic N) is 1. The molecule has 40 heavy (non-hydrogen) atoms. The minimum absolute atomic E-state index is 0.160. The van der Waals surface area contributed by atoms with Gasteiger partial charge < -0.3 is 34.7 Å². The molecule has 5 rings (SSSR count). The lowest BCUT2D eigenvalue weighted by atomic mass is 10.1. The Morgan fingerprint density at radius 3 is 2.67 bits per heavy atom. The Bertz CT molecular complexity index is 1480. The van der Waals surface area contributed by atoms with E-state index in [1.54, 1.807) is 37.4 Å². The second kappa shape index (κ2) is 10.6. The van der Waals surface area contributed by atoms with Crippen molar-refractivity contribution < 1.29 is 28.1 Å². The Labute approximate surface area is 234 Å². The Kier molecular flexibility index (Phi) is 7.38. The van der Waals surface area contributed by atoms with Gasteiger partial charge in [0.05, 0.1) is 28.4 Å². The van der Waals surface area contributed by atoms with Gasteiger partial charge in [-0.25, -0.2) is 19.2 Å². The maximum atomic E-state index is 11.7. The van der Waals surface area contributed by atoms with Gasteiger partial charge in [0.1, 0.15) is 23.8 Å². The van der Waals surface area contributed by atoms with Gasteiger partial charge in [0, 0.05) is 49.6 Å². The van der Waals surface area contributed by atoms with E-state index in [1.165, 1.54) is 6.92 Å². The first kappa shape index (κ1) is 27.7. The van der Waals surface area contributed by atoms with Crippen LogP contribution in [0.2, 0.25) is 0 Å². The van der Waals surface area contributed by atoms with Crippen LogP contribution in [0.25, 0.3) is 11.3 Å². The van der Waals surface area contributed by atoms with E-state index in [9.17, 15) is 18.7 Å². The number of carbonyl (C=O) groups is 1. The SMILES string of the molecule is CC(=O)Nc1cc(Nc2cc(N3CCC(C)(O)C3)cc(CS(=O)O)n2)c(-c2ccc3c(n2)OCC(C)(C)O3)cn1. The summed E-state index contributed by atoms with van der Waals surface area (Å²) in [5.74, 6) is 1.19. The summed E-state index contributed by atoms with van der Waals surface area (Å²) < 4.78 is 33.0. The van der Waals surface area contributed by atoms with Crippen LogP contribution in [0.1, 0.15) is 39.8 Å². The number of amides is 1. The molecule has 0 bridgehead atoms. The number of hydrogen-bond acceptors (Lipinski definition) is 10. The fourth-order valence-electron chi connectivity index (χ4n) is 4.66. The number of aliphatic hydroxyl groups is 1. The van der Waals surface area contributed by atoms with Gasteiger partial charge >= 0.3 is 0 Å². The molecule has 0 radical (unpaired) electrons. The zero-order chi connectivity index (χ0) is 28.7. The fourth-order valence-corrected chi connectivity index (χ4v) is 5.06. The first-order valence-electron chi connectivity index (χ1n) is 12.8. The summed E-state index contributed by atoms with van der Waals surface area (Å²) >= 11 is -2.10. The van der Waals surface area contributed by atoms with E-state index >= 15 is 0 Å². The Balaban J connectivity index is 1.54. The quantitative estimate of drug-likeness (QED) is 0.309. The number of nitrogens with zero attached hydrogens (tertiary/aromatic N) is 4. The van der Waals surface area contributed by atoms with E-state index in [0.717, 1.165) is 5.69 Å². The van der Waals surface area contributed by atoms with E-state index in [0.29, 0.717) is 72.0 Å². The Morgan fingerprint density at radius 1 is 1.18 bits per heavy atom. The van der Waals surface area contributed by atoms with Gasteiger partial charge in [-0.3, -0.25) is 4.79 Å². The van der Waals surface area contributed by atoms with Crippen molar-refractivity contribution in [2.75, 3.05) is 35.2 Å². The van der Waals surface area contributed by atoms with Gasteiger partial charge in [-0.1, -0.05) is 0 Å². The van der Waals surface area contributed by atoms with Gasteiger partial charge in [0.25, 0.3) is 5.88 Å². The van der Waals surface area contributed by atoms with E-state index in [-0.39, 0.29) is 11.7 Å². The number of ether oxygens (including phenoxy) is 2.